The van der Waals surface area contributed by atoms with Crippen molar-refractivity contribution in [2.75, 3.05) is 18.0 Å². The number of benzene rings is 1. The molecule has 0 atom stereocenters. The van der Waals surface area contributed by atoms with Crippen molar-refractivity contribution in [3.05, 3.63) is 59.2 Å². The van der Waals surface area contributed by atoms with Gasteiger partial charge in [0.15, 0.2) is 0 Å². The third-order valence-corrected chi connectivity index (χ3v) is 5.69. The van der Waals surface area contributed by atoms with Gasteiger partial charge in [0, 0.05) is 30.2 Å². The van der Waals surface area contributed by atoms with Gasteiger partial charge in [-0.25, -0.2) is 9.78 Å². The van der Waals surface area contributed by atoms with E-state index in [0.717, 1.165) is 37.7 Å². The first-order valence-corrected chi connectivity index (χ1v) is 10.3. The number of hydrogen-bond donors (Lipinski definition) is 2. The fourth-order valence-electron chi connectivity index (χ4n) is 3.83. The van der Waals surface area contributed by atoms with Gasteiger partial charge in [-0.05, 0) is 55.7 Å². The Balaban J connectivity index is 1.67. The van der Waals surface area contributed by atoms with E-state index in [-0.39, 0.29) is 17.7 Å². The van der Waals surface area contributed by atoms with Crippen molar-refractivity contribution in [3.63, 3.8) is 0 Å². The normalized spacial score (nSPS) is 18.8. The summed E-state index contributed by atoms with van der Waals surface area (Å²) >= 11 is 6.14. The molecule has 0 spiro atoms. The molecule has 0 radical (unpaired) electrons. The second-order valence-electron chi connectivity index (χ2n) is 7.46. The van der Waals surface area contributed by atoms with E-state index in [0.29, 0.717) is 23.9 Å². The number of rotatable bonds is 7. The van der Waals surface area contributed by atoms with Crippen molar-refractivity contribution in [1.82, 2.24) is 10.3 Å². The van der Waals surface area contributed by atoms with E-state index >= 15 is 0 Å². The van der Waals surface area contributed by atoms with Gasteiger partial charge in [0.2, 0.25) is 5.91 Å². The zero-order valence-corrected chi connectivity index (χ0v) is 17.0. The number of anilines is 1. The molecule has 6 nitrogen and oxygen atoms in total. The molecule has 1 aromatic heterocycles. The van der Waals surface area contributed by atoms with Crippen LogP contribution in [0.15, 0.2) is 48.7 Å². The van der Waals surface area contributed by atoms with Gasteiger partial charge in [0.05, 0.1) is 0 Å². The molecule has 3 rings (SSSR count). The van der Waals surface area contributed by atoms with Gasteiger partial charge in [0.1, 0.15) is 5.82 Å². The summed E-state index contributed by atoms with van der Waals surface area (Å²) in [7, 11) is 0. The van der Waals surface area contributed by atoms with E-state index in [9.17, 15) is 9.59 Å². The number of amides is 2. The molecule has 1 aliphatic rings. The van der Waals surface area contributed by atoms with Crippen molar-refractivity contribution < 1.29 is 14.7 Å². The standard InChI is InChI=1S/C22H26ClN3O3/c23-19-10-12-24-20(14-19)26(13-11-16-4-2-1-3-5-16)21(27)18-8-6-17(7-9-18)15-25-22(28)29/h1-5,10,12,14,17-18,25H,6-9,11,13,15H2,(H,28,29). The number of carbonyl (C=O) groups excluding carboxylic acids is 1. The first kappa shape index (κ1) is 21.1. The lowest BCUT2D eigenvalue weighted by Gasteiger charge is -2.32. The molecular formula is C22H26ClN3O3. The number of halogens is 1. The van der Waals surface area contributed by atoms with Crippen LogP contribution in [0.2, 0.25) is 5.02 Å². The van der Waals surface area contributed by atoms with Gasteiger partial charge in [-0.15, -0.1) is 0 Å². The third kappa shape index (κ3) is 6.19. The minimum atomic E-state index is -0.998. The van der Waals surface area contributed by atoms with Gasteiger partial charge in [-0.2, -0.15) is 0 Å². The van der Waals surface area contributed by atoms with Crippen LogP contribution in [0, 0.1) is 11.8 Å². The topological polar surface area (TPSA) is 82.5 Å². The summed E-state index contributed by atoms with van der Waals surface area (Å²) in [6.07, 6.45) is 4.55. The number of aromatic nitrogens is 1. The lowest BCUT2D eigenvalue weighted by molar-refractivity contribution is -0.123. The number of nitrogens with one attached hydrogen (secondary N) is 1. The van der Waals surface area contributed by atoms with Crippen molar-refractivity contribution in [1.29, 1.82) is 0 Å². The van der Waals surface area contributed by atoms with Gasteiger partial charge < -0.3 is 10.4 Å². The predicted octanol–water partition coefficient (Wildman–Crippen LogP) is 4.38. The molecule has 1 saturated carbocycles. The number of pyridine rings is 1. The molecule has 1 heterocycles. The highest BCUT2D eigenvalue weighted by atomic mass is 35.5. The predicted molar refractivity (Wildman–Crippen MR) is 113 cm³/mol. The summed E-state index contributed by atoms with van der Waals surface area (Å²) < 4.78 is 0. The number of hydrogen-bond acceptors (Lipinski definition) is 3. The Kier molecular flexibility index (Phi) is 7.47. The largest absolute Gasteiger partial charge is 0.465 e. The minimum absolute atomic E-state index is 0.0698. The molecule has 0 unspecified atom stereocenters. The second-order valence-corrected chi connectivity index (χ2v) is 7.90. The Bertz CT molecular complexity index is 823. The van der Waals surface area contributed by atoms with E-state index in [2.05, 4.69) is 22.4 Å². The SMILES string of the molecule is O=C(O)NCC1CCC(C(=O)N(CCc2ccccc2)c2cc(Cl)ccn2)CC1. The monoisotopic (exact) mass is 415 g/mol. The summed E-state index contributed by atoms with van der Waals surface area (Å²) in [6, 6.07) is 13.5. The van der Waals surface area contributed by atoms with Crippen LogP contribution in [0.3, 0.4) is 0 Å². The molecule has 2 amide bonds. The molecule has 0 saturated heterocycles. The quantitative estimate of drug-likeness (QED) is 0.702. The van der Waals surface area contributed by atoms with Gasteiger partial charge >= 0.3 is 6.09 Å². The molecule has 1 aromatic carbocycles. The molecule has 0 bridgehead atoms. The molecular weight excluding hydrogens is 390 g/mol. The summed E-state index contributed by atoms with van der Waals surface area (Å²) in [4.78, 5) is 30.2. The molecule has 2 N–H and O–H groups in total. The molecule has 2 aromatic rings. The fourth-order valence-corrected chi connectivity index (χ4v) is 3.98. The average molecular weight is 416 g/mol. The van der Waals surface area contributed by atoms with Crippen molar-refractivity contribution in [2.45, 2.75) is 32.1 Å². The van der Waals surface area contributed by atoms with E-state index in [1.54, 1.807) is 23.2 Å². The molecule has 29 heavy (non-hydrogen) atoms. The van der Waals surface area contributed by atoms with E-state index < -0.39 is 6.09 Å². The maximum atomic E-state index is 13.3. The number of carboxylic acid groups (broad SMARTS) is 1. The fraction of sp³-hybridized carbons (Fsp3) is 0.409. The average Bonchev–Trinajstić information content (AvgIpc) is 2.73. The maximum Gasteiger partial charge on any atom is 0.404 e. The number of nitrogens with zero attached hydrogens (tertiary/aromatic N) is 2. The molecule has 1 aliphatic carbocycles. The van der Waals surface area contributed by atoms with E-state index in [1.165, 1.54) is 0 Å². The zero-order chi connectivity index (χ0) is 20.6. The third-order valence-electron chi connectivity index (χ3n) is 5.45. The van der Waals surface area contributed by atoms with Crippen molar-refractivity contribution in [3.8, 4) is 0 Å². The van der Waals surface area contributed by atoms with Crippen LogP contribution in [0.25, 0.3) is 0 Å². The van der Waals surface area contributed by atoms with Gasteiger partial charge in [-0.3, -0.25) is 9.69 Å². The van der Waals surface area contributed by atoms with Crippen LogP contribution < -0.4 is 10.2 Å². The van der Waals surface area contributed by atoms with Crippen LogP contribution >= 0.6 is 11.6 Å². The molecule has 154 valence electrons. The Hall–Kier alpha value is -2.60. The lowest BCUT2D eigenvalue weighted by atomic mass is 9.81. The van der Waals surface area contributed by atoms with Gasteiger partial charge in [-0.1, -0.05) is 41.9 Å². The zero-order valence-electron chi connectivity index (χ0n) is 16.3. The van der Waals surface area contributed by atoms with E-state index in [1.807, 2.05) is 18.2 Å². The van der Waals surface area contributed by atoms with Crippen LogP contribution in [-0.2, 0) is 11.2 Å². The highest BCUT2D eigenvalue weighted by Gasteiger charge is 2.30. The van der Waals surface area contributed by atoms with Crippen LogP contribution in [0.4, 0.5) is 10.6 Å². The number of carbonyl (C=O) groups is 2. The van der Waals surface area contributed by atoms with Crippen molar-refractivity contribution in [2.24, 2.45) is 11.8 Å². The Morgan fingerprint density at radius 3 is 2.52 bits per heavy atom. The maximum absolute atomic E-state index is 13.3. The summed E-state index contributed by atoms with van der Waals surface area (Å²) in [5.41, 5.74) is 1.16. The van der Waals surface area contributed by atoms with Crippen LogP contribution in [0.5, 0.6) is 0 Å². The Morgan fingerprint density at radius 2 is 1.86 bits per heavy atom. The summed E-state index contributed by atoms with van der Waals surface area (Å²) in [5.74, 6) is 0.860. The molecule has 1 fully saturated rings. The highest BCUT2D eigenvalue weighted by Crippen LogP contribution is 2.31. The van der Waals surface area contributed by atoms with Crippen LogP contribution in [0.1, 0.15) is 31.2 Å². The van der Waals surface area contributed by atoms with Crippen LogP contribution in [-0.4, -0.2) is 35.2 Å². The second kappa shape index (κ2) is 10.3. The minimum Gasteiger partial charge on any atom is -0.465 e. The van der Waals surface area contributed by atoms with Gasteiger partial charge in [0.25, 0.3) is 0 Å². The highest BCUT2D eigenvalue weighted by molar-refractivity contribution is 6.30. The van der Waals surface area contributed by atoms with Crippen molar-refractivity contribution >= 4 is 29.4 Å². The lowest BCUT2D eigenvalue weighted by Crippen LogP contribution is -2.40. The summed E-state index contributed by atoms with van der Waals surface area (Å²) in [6.45, 7) is 0.987. The van der Waals surface area contributed by atoms with E-state index in [4.69, 9.17) is 16.7 Å². The first-order valence-electron chi connectivity index (χ1n) is 9.96. The molecule has 7 heteroatoms. The smallest absolute Gasteiger partial charge is 0.404 e. The summed E-state index contributed by atoms with van der Waals surface area (Å²) in [5, 5.41) is 11.8. The Morgan fingerprint density at radius 1 is 1.14 bits per heavy atom. The Labute approximate surface area is 175 Å². The first-order chi connectivity index (χ1) is 14.0. The molecule has 0 aliphatic heterocycles.